The lowest BCUT2D eigenvalue weighted by Gasteiger charge is -2.39. The second kappa shape index (κ2) is 8.19. The third kappa shape index (κ3) is 3.99. The van der Waals surface area contributed by atoms with Gasteiger partial charge in [-0.05, 0) is 49.9 Å². The van der Waals surface area contributed by atoms with Gasteiger partial charge in [0.25, 0.3) is 0 Å². The van der Waals surface area contributed by atoms with Crippen LogP contribution >= 0.6 is 0 Å². The fourth-order valence-electron chi connectivity index (χ4n) is 5.04. The molecule has 1 atom stereocenters. The maximum Gasteiger partial charge on any atom is 0.230 e. The molecule has 0 aliphatic carbocycles. The van der Waals surface area contributed by atoms with Gasteiger partial charge in [0.1, 0.15) is 0 Å². The number of piperidine rings is 1. The van der Waals surface area contributed by atoms with E-state index in [-0.39, 0.29) is 5.41 Å². The van der Waals surface area contributed by atoms with Crippen LogP contribution in [-0.2, 0) is 16.1 Å². The highest BCUT2D eigenvalue weighted by Crippen LogP contribution is 2.40. The van der Waals surface area contributed by atoms with Crippen LogP contribution in [0, 0.1) is 5.41 Å². The van der Waals surface area contributed by atoms with E-state index in [1.54, 1.807) is 0 Å². The van der Waals surface area contributed by atoms with Crippen LogP contribution in [0.3, 0.4) is 0 Å². The quantitative estimate of drug-likeness (QED) is 0.797. The first kappa shape index (κ1) is 18.8. The van der Waals surface area contributed by atoms with Gasteiger partial charge in [-0.15, -0.1) is 0 Å². The average Bonchev–Trinajstić information content (AvgIpc) is 3.10. The standard InChI is InChI=1S/C22H33N3O2/c1-2-9-25-10-4-7-22(21(25)26)8-11-23(18-22)17-19-5-3-6-20(16-19)24-12-14-27-15-13-24/h3,5-6,16H,2,4,7-15,17-18H2,1H3/t22-/m1/s1. The Morgan fingerprint density at radius 2 is 1.96 bits per heavy atom. The molecule has 1 aromatic rings. The summed E-state index contributed by atoms with van der Waals surface area (Å²) in [5.74, 6) is 0.417. The van der Waals surface area contributed by atoms with Crippen LogP contribution in [0.15, 0.2) is 24.3 Å². The minimum absolute atomic E-state index is 0.116. The van der Waals surface area contributed by atoms with Gasteiger partial charge >= 0.3 is 0 Å². The number of carbonyl (C=O) groups is 1. The van der Waals surface area contributed by atoms with Crippen molar-refractivity contribution >= 4 is 11.6 Å². The van der Waals surface area contributed by atoms with Crippen molar-refractivity contribution in [3.8, 4) is 0 Å². The molecule has 0 radical (unpaired) electrons. The molecule has 0 unspecified atom stereocenters. The summed E-state index contributed by atoms with van der Waals surface area (Å²) < 4.78 is 5.47. The smallest absolute Gasteiger partial charge is 0.230 e. The van der Waals surface area contributed by atoms with Crippen LogP contribution in [-0.4, -0.2) is 68.2 Å². The van der Waals surface area contributed by atoms with Crippen molar-refractivity contribution in [3.05, 3.63) is 29.8 Å². The van der Waals surface area contributed by atoms with E-state index in [4.69, 9.17) is 4.74 Å². The largest absolute Gasteiger partial charge is 0.378 e. The number of carbonyl (C=O) groups excluding carboxylic acids is 1. The second-order valence-electron chi connectivity index (χ2n) is 8.41. The number of amides is 1. The summed E-state index contributed by atoms with van der Waals surface area (Å²) in [6.07, 6.45) is 4.30. The van der Waals surface area contributed by atoms with Crippen LogP contribution in [0.2, 0.25) is 0 Å². The summed E-state index contributed by atoms with van der Waals surface area (Å²) >= 11 is 0. The predicted molar refractivity (Wildman–Crippen MR) is 108 cm³/mol. The number of morpholine rings is 1. The molecule has 1 spiro atoms. The zero-order valence-electron chi connectivity index (χ0n) is 16.7. The summed E-state index contributed by atoms with van der Waals surface area (Å²) in [6.45, 7) is 10.5. The average molecular weight is 372 g/mol. The fourth-order valence-corrected chi connectivity index (χ4v) is 5.04. The topological polar surface area (TPSA) is 36.0 Å². The molecule has 0 N–H and O–H groups in total. The monoisotopic (exact) mass is 371 g/mol. The van der Waals surface area contributed by atoms with E-state index in [0.29, 0.717) is 5.91 Å². The lowest BCUT2D eigenvalue weighted by atomic mass is 9.78. The van der Waals surface area contributed by atoms with Crippen molar-refractivity contribution in [3.63, 3.8) is 0 Å². The van der Waals surface area contributed by atoms with Crippen molar-refractivity contribution in [1.82, 2.24) is 9.80 Å². The number of anilines is 1. The molecule has 3 heterocycles. The summed E-state index contributed by atoms with van der Waals surface area (Å²) in [4.78, 5) is 20.1. The lowest BCUT2D eigenvalue weighted by Crippen LogP contribution is -2.50. The maximum absolute atomic E-state index is 13.1. The number of ether oxygens (including phenoxy) is 1. The van der Waals surface area contributed by atoms with Crippen molar-refractivity contribution in [1.29, 1.82) is 0 Å². The third-order valence-electron chi connectivity index (χ3n) is 6.44. The molecule has 0 saturated carbocycles. The van der Waals surface area contributed by atoms with E-state index in [2.05, 4.69) is 45.9 Å². The number of benzene rings is 1. The van der Waals surface area contributed by atoms with E-state index in [9.17, 15) is 4.79 Å². The molecule has 3 saturated heterocycles. The Morgan fingerprint density at radius 3 is 2.78 bits per heavy atom. The molecular formula is C22H33N3O2. The molecule has 3 fully saturated rings. The van der Waals surface area contributed by atoms with Gasteiger partial charge in [-0.3, -0.25) is 9.69 Å². The van der Waals surface area contributed by atoms with E-state index in [1.165, 1.54) is 11.3 Å². The molecule has 3 aliphatic heterocycles. The Bertz CT molecular complexity index is 657. The minimum atomic E-state index is -0.116. The molecule has 1 aromatic carbocycles. The van der Waals surface area contributed by atoms with Crippen molar-refractivity contribution in [2.45, 2.75) is 39.2 Å². The Kier molecular flexibility index (Phi) is 5.69. The Hall–Kier alpha value is -1.59. The first-order valence-corrected chi connectivity index (χ1v) is 10.6. The summed E-state index contributed by atoms with van der Waals surface area (Å²) in [5.41, 5.74) is 2.53. The fraction of sp³-hybridized carbons (Fsp3) is 0.682. The summed E-state index contributed by atoms with van der Waals surface area (Å²) in [5, 5.41) is 0. The zero-order valence-corrected chi connectivity index (χ0v) is 16.7. The lowest BCUT2D eigenvalue weighted by molar-refractivity contribution is -0.145. The summed E-state index contributed by atoms with van der Waals surface area (Å²) in [7, 11) is 0. The van der Waals surface area contributed by atoms with Crippen LogP contribution in [0.25, 0.3) is 0 Å². The number of hydrogen-bond acceptors (Lipinski definition) is 4. The van der Waals surface area contributed by atoms with Gasteiger partial charge in [0.05, 0.1) is 18.6 Å². The third-order valence-corrected chi connectivity index (χ3v) is 6.44. The van der Waals surface area contributed by atoms with E-state index < -0.39 is 0 Å². The molecule has 148 valence electrons. The number of hydrogen-bond donors (Lipinski definition) is 0. The molecular weight excluding hydrogens is 338 g/mol. The SMILES string of the molecule is CCCN1CCC[C@]2(CCN(Cc3cccc(N4CCOCC4)c3)C2)C1=O. The van der Waals surface area contributed by atoms with Gasteiger partial charge in [-0.25, -0.2) is 0 Å². The van der Waals surface area contributed by atoms with E-state index >= 15 is 0 Å². The van der Waals surface area contributed by atoms with Crippen LogP contribution in [0.4, 0.5) is 5.69 Å². The second-order valence-corrected chi connectivity index (χ2v) is 8.41. The van der Waals surface area contributed by atoms with Gasteiger partial charge in [-0.1, -0.05) is 19.1 Å². The molecule has 4 rings (SSSR count). The van der Waals surface area contributed by atoms with Gasteiger partial charge in [-0.2, -0.15) is 0 Å². The van der Waals surface area contributed by atoms with Crippen molar-refractivity contribution < 1.29 is 9.53 Å². The van der Waals surface area contributed by atoms with Crippen LogP contribution in [0.1, 0.15) is 38.2 Å². The number of likely N-dealkylation sites (tertiary alicyclic amines) is 2. The highest BCUT2D eigenvalue weighted by Gasteiger charge is 2.47. The molecule has 3 aliphatic rings. The molecule has 0 bridgehead atoms. The van der Waals surface area contributed by atoms with Gasteiger partial charge in [0.2, 0.25) is 5.91 Å². The maximum atomic E-state index is 13.1. The van der Waals surface area contributed by atoms with Gasteiger partial charge in [0, 0.05) is 45.0 Å². The molecule has 27 heavy (non-hydrogen) atoms. The normalized spacial score (nSPS) is 26.9. The highest BCUT2D eigenvalue weighted by molar-refractivity contribution is 5.84. The first-order valence-electron chi connectivity index (χ1n) is 10.6. The Morgan fingerprint density at radius 1 is 1.11 bits per heavy atom. The predicted octanol–water partition coefficient (Wildman–Crippen LogP) is 2.75. The molecule has 5 nitrogen and oxygen atoms in total. The number of rotatable bonds is 5. The van der Waals surface area contributed by atoms with Crippen LogP contribution in [0.5, 0.6) is 0 Å². The van der Waals surface area contributed by atoms with E-state index in [0.717, 1.165) is 84.7 Å². The number of nitrogens with zero attached hydrogens (tertiary/aromatic N) is 3. The molecule has 1 amide bonds. The zero-order chi connectivity index (χ0) is 18.7. The molecule has 5 heteroatoms. The minimum Gasteiger partial charge on any atom is -0.378 e. The van der Waals surface area contributed by atoms with Crippen molar-refractivity contribution in [2.75, 3.05) is 57.4 Å². The van der Waals surface area contributed by atoms with E-state index in [1.807, 2.05) is 0 Å². The van der Waals surface area contributed by atoms with Crippen LogP contribution < -0.4 is 4.90 Å². The first-order chi connectivity index (χ1) is 13.2. The Labute approximate surface area is 163 Å². The summed E-state index contributed by atoms with van der Waals surface area (Å²) in [6, 6.07) is 8.91. The highest BCUT2D eigenvalue weighted by atomic mass is 16.5. The van der Waals surface area contributed by atoms with Crippen molar-refractivity contribution in [2.24, 2.45) is 5.41 Å². The Balaban J connectivity index is 1.40. The van der Waals surface area contributed by atoms with Gasteiger partial charge in [0.15, 0.2) is 0 Å². The molecule has 0 aromatic heterocycles. The van der Waals surface area contributed by atoms with Gasteiger partial charge < -0.3 is 14.5 Å².